The smallest absolute Gasteiger partial charge is 0.311 e. The van der Waals surface area contributed by atoms with E-state index < -0.39 is 11.4 Å². The Bertz CT molecular complexity index is 705. The zero-order chi connectivity index (χ0) is 17.0. The van der Waals surface area contributed by atoms with Crippen molar-refractivity contribution in [1.82, 2.24) is 20.3 Å². The monoisotopic (exact) mass is 348 g/mol. The second kappa shape index (κ2) is 7.12. The van der Waals surface area contributed by atoms with E-state index in [4.69, 9.17) is 0 Å². The van der Waals surface area contributed by atoms with Gasteiger partial charge in [-0.3, -0.25) is 9.59 Å². The second-order valence-electron chi connectivity index (χ2n) is 6.21. The van der Waals surface area contributed by atoms with E-state index >= 15 is 0 Å². The summed E-state index contributed by atoms with van der Waals surface area (Å²) in [6.07, 6.45) is 5.63. The Morgan fingerprint density at radius 2 is 2.12 bits per heavy atom. The average molecular weight is 348 g/mol. The van der Waals surface area contributed by atoms with Gasteiger partial charge in [-0.15, -0.1) is 16.4 Å². The number of amides is 1. The molecule has 0 saturated heterocycles. The normalized spacial score (nSPS) is 16.7. The summed E-state index contributed by atoms with van der Waals surface area (Å²) in [4.78, 5) is 25.0. The van der Waals surface area contributed by atoms with Gasteiger partial charge in [0.25, 0.3) is 5.91 Å². The summed E-state index contributed by atoms with van der Waals surface area (Å²) in [6, 6.07) is 3.95. The van der Waals surface area contributed by atoms with Crippen LogP contribution in [0.25, 0.3) is 0 Å². The van der Waals surface area contributed by atoms with E-state index in [9.17, 15) is 14.7 Å². The molecule has 2 N–H and O–H groups in total. The van der Waals surface area contributed by atoms with Crippen molar-refractivity contribution in [1.29, 1.82) is 0 Å². The van der Waals surface area contributed by atoms with Crippen molar-refractivity contribution in [3.63, 3.8) is 0 Å². The largest absolute Gasteiger partial charge is 0.481 e. The minimum atomic E-state index is -0.846. The Labute approximate surface area is 143 Å². The fourth-order valence-electron chi connectivity index (χ4n) is 3.08. The van der Waals surface area contributed by atoms with Gasteiger partial charge >= 0.3 is 5.97 Å². The molecule has 1 aliphatic rings. The molecule has 128 valence electrons. The Morgan fingerprint density at radius 1 is 1.33 bits per heavy atom. The van der Waals surface area contributed by atoms with Crippen molar-refractivity contribution in [2.75, 3.05) is 6.54 Å². The molecule has 3 rings (SSSR count). The van der Waals surface area contributed by atoms with E-state index in [1.54, 1.807) is 22.2 Å². The lowest BCUT2D eigenvalue weighted by Gasteiger charge is -2.33. The SMILES string of the molecule is O=C(NCC1(C(=O)O)CCCCC1)c1cn(Cc2cccs2)nn1. The van der Waals surface area contributed by atoms with Crippen molar-refractivity contribution < 1.29 is 14.7 Å². The van der Waals surface area contributed by atoms with Gasteiger partial charge in [-0.2, -0.15) is 0 Å². The number of rotatable bonds is 6. The van der Waals surface area contributed by atoms with E-state index in [1.165, 1.54) is 0 Å². The molecule has 1 fully saturated rings. The van der Waals surface area contributed by atoms with E-state index in [0.29, 0.717) is 19.4 Å². The number of carboxylic acid groups (broad SMARTS) is 1. The first-order valence-corrected chi connectivity index (χ1v) is 8.91. The Morgan fingerprint density at radius 3 is 2.79 bits per heavy atom. The predicted octanol–water partition coefficient (Wildman–Crippen LogP) is 2.15. The average Bonchev–Trinajstić information content (AvgIpc) is 3.26. The summed E-state index contributed by atoms with van der Waals surface area (Å²) in [6.45, 7) is 0.704. The molecule has 1 aliphatic carbocycles. The van der Waals surface area contributed by atoms with Crippen LogP contribution < -0.4 is 5.32 Å². The van der Waals surface area contributed by atoms with Gasteiger partial charge in [0.15, 0.2) is 5.69 Å². The van der Waals surface area contributed by atoms with Crippen LogP contribution in [0.5, 0.6) is 0 Å². The summed E-state index contributed by atoms with van der Waals surface area (Å²) in [5, 5.41) is 22.1. The number of aliphatic carboxylic acids is 1. The lowest BCUT2D eigenvalue weighted by Crippen LogP contribution is -2.44. The first-order valence-electron chi connectivity index (χ1n) is 8.03. The minimum absolute atomic E-state index is 0.138. The highest BCUT2D eigenvalue weighted by molar-refractivity contribution is 7.09. The van der Waals surface area contributed by atoms with Gasteiger partial charge in [-0.1, -0.05) is 30.5 Å². The molecule has 0 unspecified atom stereocenters. The van der Waals surface area contributed by atoms with Crippen molar-refractivity contribution in [2.24, 2.45) is 5.41 Å². The van der Waals surface area contributed by atoms with Crippen LogP contribution in [0.4, 0.5) is 0 Å². The van der Waals surface area contributed by atoms with Crippen LogP contribution in [0, 0.1) is 5.41 Å². The molecule has 0 atom stereocenters. The molecule has 8 heteroatoms. The number of carbonyl (C=O) groups is 2. The van der Waals surface area contributed by atoms with Crippen molar-refractivity contribution in [2.45, 2.75) is 38.6 Å². The predicted molar refractivity (Wildman–Crippen MR) is 88.9 cm³/mol. The lowest BCUT2D eigenvalue weighted by atomic mass is 9.74. The molecule has 2 aromatic heterocycles. The van der Waals surface area contributed by atoms with Gasteiger partial charge < -0.3 is 10.4 Å². The van der Waals surface area contributed by atoms with E-state index in [2.05, 4.69) is 15.6 Å². The highest BCUT2D eigenvalue weighted by Gasteiger charge is 2.39. The van der Waals surface area contributed by atoms with Gasteiger partial charge in [0.2, 0.25) is 0 Å². The molecule has 24 heavy (non-hydrogen) atoms. The molecule has 0 aromatic carbocycles. The first kappa shape index (κ1) is 16.6. The molecule has 2 aromatic rings. The fraction of sp³-hybridized carbons (Fsp3) is 0.500. The number of nitrogens with zero attached hydrogens (tertiary/aromatic N) is 3. The molecule has 0 aliphatic heterocycles. The van der Waals surface area contributed by atoms with Crippen molar-refractivity contribution >= 4 is 23.2 Å². The van der Waals surface area contributed by atoms with Crippen LogP contribution in [0.3, 0.4) is 0 Å². The lowest BCUT2D eigenvalue weighted by molar-refractivity contribution is -0.150. The van der Waals surface area contributed by atoms with Gasteiger partial charge in [-0.05, 0) is 24.3 Å². The molecule has 0 spiro atoms. The van der Waals surface area contributed by atoms with E-state index in [-0.39, 0.29) is 18.1 Å². The number of thiophene rings is 1. The van der Waals surface area contributed by atoms with Gasteiger partial charge in [0.1, 0.15) is 0 Å². The molecular weight excluding hydrogens is 328 g/mol. The summed E-state index contributed by atoms with van der Waals surface area (Å²) in [5.41, 5.74) is -0.635. The Hall–Kier alpha value is -2.22. The van der Waals surface area contributed by atoms with Crippen molar-refractivity contribution in [3.05, 3.63) is 34.3 Å². The summed E-state index contributed by atoms with van der Waals surface area (Å²) in [7, 11) is 0. The van der Waals surface area contributed by atoms with Crippen LogP contribution in [-0.2, 0) is 11.3 Å². The number of hydrogen-bond donors (Lipinski definition) is 2. The number of aromatic nitrogens is 3. The maximum Gasteiger partial charge on any atom is 0.311 e. The number of carboxylic acids is 1. The molecule has 0 radical (unpaired) electrons. The van der Waals surface area contributed by atoms with Crippen LogP contribution in [-0.4, -0.2) is 38.5 Å². The van der Waals surface area contributed by atoms with Gasteiger partial charge in [0.05, 0.1) is 18.2 Å². The molecular formula is C16H20N4O3S. The van der Waals surface area contributed by atoms with Crippen LogP contribution in [0.1, 0.15) is 47.5 Å². The summed E-state index contributed by atoms with van der Waals surface area (Å²) < 4.78 is 1.61. The molecule has 1 amide bonds. The number of nitrogens with one attached hydrogen (secondary N) is 1. The van der Waals surface area contributed by atoms with E-state index in [1.807, 2.05) is 17.5 Å². The molecule has 7 nitrogen and oxygen atoms in total. The zero-order valence-corrected chi connectivity index (χ0v) is 14.1. The molecule has 1 saturated carbocycles. The molecule has 2 heterocycles. The maximum absolute atomic E-state index is 12.3. The minimum Gasteiger partial charge on any atom is -0.481 e. The third-order valence-corrected chi connectivity index (χ3v) is 5.38. The maximum atomic E-state index is 12.3. The van der Waals surface area contributed by atoms with Crippen LogP contribution >= 0.6 is 11.3 Å². The van der Waals surface area contributed by atoms with Gasteiger partial charge in [0, 0.05) is 11.4 Å². The third kappa shape index (κ3) is 3.64. The summed E-state index contributed by atoms with van der Waals surface area (Å²) in [5.74, 6) is -1.21. The number of carbonyl (C=O) groups excluding carboxylic acids is 1. The molecule has 0 bridgehead atoms. The first-order chi connectivity index (χ1) is 11.6. The van der Waals surface area contributed by atoms with Crippen LogP contribution in [0.15, 0.2) is 23.7 Å². The quantitative estimate of drug-likeness (QED) is 0.834. The standard InChI is InChI=1S/C16H20N4O3S/c21-14(17-11-16(15(22)23)6-2-1-3-7-16)13-10-20(19-18-13)9-12-5-4-8-24-12/h4-5,8,10H,1-3,6-7,9,11H2,(H,17,21)(H,22,23). The topological polar surface area (TPSA) is 97.1 Å². The highest BCUT2D eigenvalue weighted by atomic mass is 32.1. The summed E-state index contributed by atoms with van der Waals surface area (Å²) >= 11 is 1.61. The zero-order valence-electron chi connectivity index (χ0n) is 13.3. The van der Waals surface area contributed by atoms with Gasteiger partial charge in [-0.25, -0.2) is 4.68 Å². The van der Waals surface area contributed by atoms with Crippen molar-refractivity contribution in [3.8, 4) is 0 Å². The van der Waals surface area contributed by atoms with Crippen LogP contribution in [0.2, 0.25) is 0 Å². The second-order valence-corrected chi connectivity index (χ2v) is 7.24. The highest BCUT2D eigenvalue weighted by Crippen LogP contribution is 2.36. The van der Waals surface area contributed by atoms with E-state index in [0.717, 1.165) is 24.1 Å². The Balaban J connectivity index is 1.60. The Kier molecular flexibility index (Phi) is 4.94. The number of hydrogen-bond acceptors (Lipinski definition) is 5. The third-order valence-electron chi connectivity index (χ3n) is 4.52. The fourth-order valence-corrected chi connectivity index (χ4v) is 3.77.